The Kier molecular flexibility index (Phi) is 65.9. The van der Waals surface area contributed by atoms with Crippen LogP contribution in [-0.2, 0) is 14.3 Å². The molecule has 3 N–H and O–H groups in total. The first-order valence-electron chi connectivity index (χ1n) is 35.3. The molecule has 0 spiro atoms. The molecule has 78 heavy (non-hydrogen) atoms. The summed E-state index contributed by atoms with van der Waals surface area (Å²) < 4.78 is 5.47. The van der Waals surface area contributed by atoms with E-state index in [-0.39, 0.29) is 18.5 Å². The summed E-state index contributed by atoms with van der Waals surface area (Å²) in [7, 11) is 0. The molecule has 0 aliphatic heterocycles. The maximum absolute atomic E-state index is 12.5. The molecule has 2 atom stereocenters. The minimum Gasteiger partial charge on any atom is -0.466 e. The maximum Gasteiger partial charge on any atom is 0.305 e. The second kappa shape index (κ2) is 67.6. The highest BCUT2D eigenvalue weighted by Gasteiger charge is 2.18. The Hall–Kier alpha value is -1.92. The summed E-state index contributed by atoms with van der Waals surface area (Å²) in [5.41, 5.74) is 0. The fourth-order valence-corrected chi connectivity index (χ4v) is 11.0. The van der Waals surface area contributed by atoms with E-state index in [9.17, 15) is 19.8 Å². The number of aliphatic hydroxyl groups is 2. The number of amides is 1. The summed E-state index contributed by atoms with van der Waals surface area (Å²) in [6.45, 7) is 4.93. The van der Waals surface area contributed by atoms with Crippen molar-refractivity contribution in [3.63, 3.8) is 0 Å². The van der Waals surface area contributed by atoms with E-state index in [2.05, 4.69) is 43.5 Å². The van der Waals surface area contributed by atoms with Crippen LogP contribution in [-0.4, -0.2) is 47.4 Å². The first-order valence-corrected chi connectivity index (χ1v) is 35.3. The molecule has 0 bridgehead atoms. The summed E-state index contributed by atoms with van der Waals surface area (Å²) in [6.07, 6.45) is 86.5. The van der Waals surface area contributed by atoms with Gasteiger partial charge in [0.15, 0.2) is 0 Å². The van der Waals surface area contributed by atoms with Crippen LogP contribution in [0.5, 0.6) is 0 Å². The van der Waals surface area contributed by atoms with Crippen molar-refractivity contribution in [1.29, 1.82) is 0 Å². The van der Waals surface area contributed by atoms with Gasteiger partial charge in [-0.25, -0.2) is 0 Å². The third-order valence-electron chi connectivity index (χ3n) is 16.4. The van der Waals surface area contributed by atoms with Gasteiger partial charge in [0.25, 0.3) is 0 Å². The third-order valence-corrected chi connectivity index (χ3v) is 16.4. The van der Waals surface area contributed by atoms with Crippen LogP contribution in [0, 0.1) is 0 Å². The van der Waals surface area contributed by atoms with E-state index >= 15 is 0 Å². The highest BCUT2D eigenvalue weighted by molar-refractivity contribution is 5.76. The van der Waals surface area contributed by atoms with E-state index in [1.807, 2.05) is 6.08 Å². The Balaban J connectivity index is 3.46. The van der Waals surface area contributed by atoms with Crippen molar-refractivity contribution in [2.45, 2.75) is 398 Å². The lowest BCUT2D eigenvalue weighted by molar-refractivity contribution is -0.143. The topological polar surface area (TPSA) is 95.9 Å². The van der Waals surface area contributed by atoms with Crippen molar-refractivity contribution in [2.75, 3.05) is 13.2 Å². The zero-order valence-electron chi connectivity index (χ0n) is 52.7. The molecule has 6 heteroatoms. The number of unbranched alkanes of at least 4 members (excludes halogenated alkanes) is 51. The molecule has 0 aromatic carbocycles. The number of aliphatic hydroxyl groups excluding tert-OH is 2. The highest BCUT2D eigenvalue weighted by atomic mass is 16.5. The lowest BCUT2D eigenvalue weighted by atomic mass is 10.0. The van der Waals surface area contributed by atoms with Crippen molar-refractivity contribution >= 4 is 11.9 Å². The van der Waals surface area contributed by atoms with Gasteiger partial charge in [0.1, 0.15) is 0 Å². The molecule has 0 aliphatic rings. The normalized spacial score (nSPS) is 12.7. The van der Waals surface area contributed by atoms with Crippen LogP contribution >= 0.6 is 0 Å². The number of carbonyl (C=O) groups excluding carboxylic acids is 2. The summed E-state index contributed by atoms with van der Waals surface area (Å²) in [6, 6.07) is -0.634. The minimum atomic E-state index is -0.850. The van der Waals surface area contributed by atoms with E-state index in [4.69, 9.17) is 4.74 Å². The van der Waals surface area contributed by atoms with Gasteiger partial charge in [-0.3, -0.25) is 9.59 Å². The van der Waals surface area contributed by atoms with Crippen molar-refractivity contribution in [2.24, 2.45) is 0 Å². The lowest BCUT2D eigenvalue weighted by Crippen LogP contribution is -2.45. The van der Waals surface area contributed by atoms with E-state index in [1.54, 1.807) is 6.08 Å². The van der Waals surface area contributed by atoms with Gasteiger partial charge in [-0.05, 0) is 64.2 Å². The maximum atomic E-state index is 12.5. The molecule has 460 valence electrons. The number of hydrogen-bond donors (Lipinski definition) is 3. The second-order valence-electron chi connectivity index (χ2n) is 24.2. The van der Waals surface area contributed by atoms with Gasteiger partial charge in [0.05, 0.1) is 25.4 Å². The van der Waals surface area contributed by atoms with Crippen LogP contribution in [0.3, 0.4) is 0 Å². The summed E-state index contributed by atoms with van der Waals surface area (Å²) >= 11 is 0. The fourth-order valence-electron chi connectivity index (χ4n) is 11.0. The first-order chi connectivity index (χ1) is 38.5. The Bertz CT molecular complexity index is 1260. The summed E-state index contributed by atoms with van der Waals surface area (Å²) in [4.78, 5) is 24.5. The van der Waals surface area contributed by atoms with Crippen LogP contribution in [0.4, 0.5) is 0 Å². The lowest BCUT2D eigenvalue weighted by Gasteiger charge is -2.20. The number of allylic oxidation sites excluding steroid dienone is 5. The molecule has 1 amide bonds. The molecule has 0 aliphatic carbocycles. The Morgan fingerprint density at radius 1 is 0.359 bits per heavy atom. The highest BCUT2D eigenvalue weighted by Crippen LogP contribution is 2.18. The smallest absolute Gasteiger partial charge is 0.305 e. The van der Waals surface area contributed by atoms with Crippen LogP contribution in [0.25, 0.3) is 0 Å². The van der Waals surface area contributed by atoms with Gasteiger partial charge in [0.2, 0.25) is 5.91 Å². The first kappa shape index (κ1) is 76.1. The molecular formula is C72H137NO5. The van der Waals surface area contributed by atoms with Gasteiger partial charge >= 0.3 is 5.97 Å². The van der Waals surface area contributed by atoms with Crippen LogP contribution in [0.1, 0.15) is 386 Å². The molecule has 0 radical (unpaired) electrons. The molecule has 6 nitrogen and oxygen atoms in total. The average molecular weight is 1100 g/mol. The monoisotopic (exact) mass is 1100 g/mol. The zero-order chi connectivity index (χ0) is 56.4. The van der Waals surface area contributed by atoms with Crippen LogP contribution < -0.4 is 5.32 Å². The number of ether oxygens (including phenoxy) is 1. The van der Waals surface area contributed by atoms with Gasteiger partial charge in [0, 0.05) is 12.8 Å². The van der Waals surface area contributed by atoms with E-state index in [1.165, 1.54) is 315 Å². The van der Waals surface area contributed by atoms with Crippen LogP contribution in [0.15, 0.2) is 36.5 Å². The predicted molar refractivity (Wildman–Crippen MR) is 343 cm³/mol. The SMILES string of the molecule is CCCCCCCCCCCCCCCCCCCCCCCCC/C=C/C(O)C(CO)NC(=O)CCCCCCCCCCC/C=C\C/C=C\CCCCCCCCCCCOC(=O)CCCCCCCCCCCCC. The zero-order valence-corrected chi connectivity index (χ0v) is 52.7. The van der Waals surface area contributed by atoms with Crippen LogP contribution in [0.2, 0.25) is 0 Å². The molecule has 0 aromatic heterocycles. The van der Waals surface area contributed by atoms with E-state index in [0.29, 0.717) is 19.4 Å². The van der Waals surface area contributed by atoms with Crippen molar-refractivity contribution in [3.05, 3.63) is 36.5 Å². The quantitative estimate of drug-likeness (QED) is 0.0320. The van der Waals surface area contributed by atoms with Gasteiger partial charge in [-0.2, -0.15) is 0 Å². The largest absolute Gasteiger partial charge is 0.466 e. The van der Waals surface area contributed by atoms with Gasteiger partial charge in [-0.15, -0.1) is 0 Å². The molecule has 0 saturated heterocycles. The molecule has 2 unspecified atom stereocenters. The number of rotatable bonds is 66. The molecular weight excluding hydrogens is 959 g/mol. The molecule has 0 aromatic rings. The summed E-state index contributed by atoms with van der Waals surface area (Å²) in [5, 5.41) is 23.3. The standard InChI is InChI=1S/C72H137NO5/c1-3-5-7-9-11-13-15-16-17-18-19-20-21-23-26-29-32-35-38-41-45-48-52-56-60-64-70(75)69(68-74)73-71(76)65-61-57-53-49-46-42-39-36-33-30-27-24-22-25-28-31-34-37-40-43-47-51-55-59-63-67-78-72(77)66-62-58-54-50-44-14-12-10-8-6-4-2/h24-25,27-28,60,64,69-70,74-75H,3-23,26,29-59,61-63,65-68H2,1-2H3,(H,73,76)/b27-24-,28-25-,64-60+. The molecule has 0 saturated carbocycles. The number of esters is 1. The van der Waals surface area contributed by atoms with Crippen molar-refractivity contribution in [3.8, 4) is 0 Å². The molecule has 0 fully saturated rings. The molecule has 0 heterocycles. The Labute approximate surface area is 487 Å². The number of nitrogens with one attached hydrogen (secondary N) is 1. The average Bonchev–Trinajstić information content (AvgIpc) is 3.44. The van der Waals surface area contributed by atoms with E-state index < -0.39 is 12.1 Å². The van der Waals surface area contributed by atoms with Crippen molar-refractivity contribution in [1.82, 2.24) is 5.32 Å². The fraction of sp³-hybridized carbons (Fsp3) is 0.889. The number of carbonyl (C=O) groups is 2. The second-order valence-corrected chi connectivity index (χ2v) is 24.2. The summed E-state index contributed by atoms with van der Waals surface area (Å²) in [5.74, 6) is -0.0614. The Morgan fingerprint density at radius 3 is 0.974 bits per heavy atom. The van der Waals surface area contributed by atoms with E-state index in [0.717, 1.165) is 44.9 Å². The predicted octanol–water partition coefficient (Wildman–Crippen LogP) is 22.7. The number of hydrogen-bond acceptors (Lipinski definition) is 5. The molecule has 0 rings (SSSR count). The van der Waals surface area contributed by atoms with Crippen molar-refractivity contribution < 1.29 is 24.5 Å². The van der Waals surface area contributed by atoms with Gasteiger partial charge in [-0.1, -0.05) is 346 Å². The third kappa shape index (κ3) is 63.3. The minimum absolute atomic E-state index is 0.00869. The van der Waals surface area contributed by atoms with Gasteiger partial charge < -0.3 is 20.3 Å². The Morgan fingerprint density at radius 2 is 0.641 bits per heavy atom.